The summed E-state index contributed by atoms with van der Waals surface area (Å²) in [5.74, 6) is 0.476. The van der Waals surface area contributed by atoms with E-state index in [9.17, 15) is 4.79 Å². The van der Waals surface area contributed by atoms with E-state index < -0.39 is 5.91 Å². The quantitative estimate of drug-likeness (QED) is 0.601. The van der Waals surface area contributed by atoms with E-state index in [1.807, 2.05) is 17.5 Å². The molecular weight excluding hydrogens is 304 g/mol. The molecule has 2 N–H and O–H groups in total. The average Bonchev–Trinajstić information content (AvgIpc) is 3.27. The highest BCUT2D eigenvalue weighted by Crippen LogP contribution is 2.25. The molecule has 0 fully saturated rings. The fraction of sp³-hybridized carbons (Fsp3) is 0. The molecule has 0 radical (unpaired) electrons. The number of rotatable bonds is 3. The van der Waals surface area contributed by atoms with E-state index in [0.717, 1.165) is 4.88 Å². The van der Waals surface area contributed by atoms with Gasteiger partial charge in [-0.3, -0.25) is 4.79 Å². The zero-order valence-corrected chi connectivity index (χ0v) is 11.8. The van der Waals surface area contributed by atoms with Crippen molar-refractivity contribution < 1.29 is 9.32 Å². The number of amides is 1. The molecule has 8 nitrogen and oxygen atoms in total. The van der Waals surface area contributed by atoms with Crippen molar-refractivity contribution in [1.29, 1.82) is 0 Å². The van der Waals surface area contributed by atoms with Gasteiger partial charge < -0.3 is 14.8 Å². The summed E-state index contributed by atoms with van der Waals surface area (Å²) in [6.07, 6.45) is 2.82. The Labute approximate surface area is 127 Å². The number of nitrogens with zero attached hydrogens (tertiary/aromatic N) is 4. The summed E-state index contributed by atoms with van der Waals surface area (Å²) in [7, 11) is 0. The van der Waals surface area contributed by atoms with Crippen molar-refractivity contribution in [3.63, 3.8) is 0 Å². The summed E-state index contributed by atoms with van der Waals surface area (Å²) in [6, 6.07) is 5.38. The summed E-state index contributed by atoms with van der Waals surface area (Å²) in [6.45, 7) is 0. The highest BCUT2D eigenvalue weighted by molar-refractivity contribution is 7.13. The zero-order chi connectivity index (χ0) is 14.9. The Morgan fingerprint density at radius 3 is 3.14 bits per heavy atom. The molecule has 0 aliphatic carbocycles. The molecule has 0 aliphatic rings. The molecule has 0 unspecified atom stereocenters. The molecule has 0 aliphatic heterocycles. The molecule has 0 aromatic carbocycles. The summed E-state index contributed by atoms with van der Waals surface area (Å²) >= 11 is 1.51. The van der Waals surface area contributed by atoms with Crippen LogP contribution in [-0.4, -0.2) is 31.0 Å². The van der Waals surface area contributed by atoms with Gasteiger partial charge in [-0.05, 0) is 11.4 Å². The van der Waals surface area contributed by atoms with Crippen LogP contribution in [0.5, 0.6) is 0 Å². The zero-order valence-electron chi connectivity index (χ0n) is 11.0. The van der Waals surface area contributed by atoms with Crippen molar-refractivity contribution in [2.24, 2.45) is 0 Å². The van der Waals surface area contributed by atoms with Gasteiger partial charge in [-0.15, -0.1) is 11.3 Å². The maximum Gasteiger partial charge on any atom is 0.279 e. The first kappa shape index (κ1) is 12.7. The van der Waals surface area contributed by atoms with Crippen LogP contribution < -0.4 is 5.32 Å². The number of thiophene rings is 1. The van der Waals surface area contributed by atoms with Gasteiger partial charge in [0.05, 0.1) is 11.2 Å². The van der Waals surface area contributed by atoms with Crippen molar-refractivity contribution in [1.82, 2.24) is 25.1 Å². The second kappa shape index (κ2) is 5.04. The van der Waals surface area contributed by atoms with E-state index in [1.54, 1.807) is 6.07 Å². The predicted molar refractivity (Wildman–Crippen MR) is 79.5 cm³/mol. The van der Waals surface area contributed by atoms with Crippen LogP contribution in [0.25, 0.3) is 21.8 Å². The lowest BCUT2D eigenvalue weighted by molar-refractivity contribution is 0.101. The Bertz CT molecular complexity index is 942. The van der Waals surface area contributed by atoms with Gasteiger partial charge in [-0.1, -0.05) is 11.2 Å². The molecule has 4 rings (SSSR count). The monoisotopic (exact) mass is 312 g/mol. The number of aromatic amines is 1. The summed E-state index contributed by atoms with van der Waals surface area (Å²) in [4.78, 5) is 28.0. The van der Waals surface area contributed by atoms with Crippen molar-refractivity contribution >= 4 is 34.2 Å². The Balaban J connectivity index is 1.61. The van der Waals surface area contributed by atoms with Crippen LogP contribution in [0.3, 0.4) is 0 Å². The first-order valence-corrected chi connectivity index (χ1v) is 7.15. The number of hydrogen-bond acceptors (Lipinski definition) is 7. The molecule has 1 amide bonds. The Morgan fingerprint density at radius 2 is 2.27 bits per heavy atom. The van der Waals surface area contributed by atoms with Crippen LogP contribution >= 0.6 is 11.3 Å². The molecule has 4 aromatic heterocycles. The van der Waals surface area contributed by atoms with Crippen molar-refractivity contribution in [3.8, 4) is 10.6 Å². The number of aromatic nitrogens is 5. The van der Waals surface area contributed by atoms with E-state index >= 15 is 0 Å². The first-order chi connectivity index (χ1) is 10.8. The van der Waals surface area contributed by atoms with Crippen LogP contribution in [0.2, 0.25) is 0 Å². The molecule has 4 aromatic rings. The normalized spacial score (nSPS) is 10.9. The minimum absolute atomic E-state index is 0.176. The number of carbonyl (C=O) groups is 1. The Morgan fingerprint density at radius 1 is 1.32 bits per heavy atom. The number of anilines is 1. The third kappa shape index (κ3) is 2.13. The van der Waals surface area contributed by atoms with Gasteiger partial charge in [0.25, 0.3) is 5.91 Å². The molecule has 0 saturated carbocycles. The van der Waals surface area contributed by atoms with E-state index in [-0.39, 0.29) is 5.69 Å². The second-order valence-electron chi connectivity index (χ2n) is 4.33. The lowest BCUT2D eigenvalue weighted by Crippen LogP contribution is -2.13. The predicted octanol–water partition coefficient (Wildman–Crippen LogP) is 2.32. The molecule has 0 bridgehead atoms. The lowest BCUT2D eigenvalue weighted by atomic mass is 10.3. The third-order valence-corrected chi connectivity index (χ3v) is 3.85. The van der Waals surface area contributed by atoms with Gasteiger partial charge in [0.2, 0.25) is 0 Å². The van der Waals surface area contributed by atoms with Crippen molar-refractivity contribution in [3.05, 3.63) is 41.9 Å². The van der Waals surface area contributed by atoms with Gasteiger partial charge >= 0.3 is 0 Å². The average molecular weight is 312 g/mol. The lowest BCUT2D eigenvalue weighted by Gasteiger charge is -2.01. The number of carbonyl (C=O) groups excluding carboxylic acids is 1. The maximum absolute atomic E-state index is 12.2. The number of nitrogens with one attached hydrogen (secondary N) is 2. The van der Waals surface area contributed by atoms with Gasteiger partial charge in [0.1, 0.15) is 11.8 Å². The van der Waals surface area contributed by atoms with Crippen LogP contribution in [0, 0.1) is 0 Å². The summed E-state index contributed by atoms with van der Waals surface area (Å²) in [5.41, 5.74) is 1.21. The largest absolute Gasteiger partial charge is 0.355 e. The number of hydrogen-bond donors (Lipinski definition) is 2. The summed E-state index contributed by atoms with van der Waals surface area (Å²) in [5, 5.41) is 8.38. The molecule has 9 heteroatoms. The second-order valence-corrected chi connectivity index (χ2v) is 5.28. The Hall–Kier alpha value is -3.07. The highest BCUT2D eigenvalue weighted by atomic mass is 32.1. The Kier molecular flexibility index (Phi) is 2.90. The van der Waals surface area contributed by atoms with E-state index in [0.29, 0.717) is 22.7 Å². The maximum atomic E-state index is 12.2. The number of imidazole rings is 1. The molecular formula is C13H8N6O2S. The fourth-order valence-electron chi connectivity index (χ4n) is 1.95. The third-order valence-electron chi connectivity index (χ3n) is 2.96. The molecule has 4 heterocycles. The van der Waals surface area contributed by atoms with Crippen molar-refractivity contribution in [2.45, 2.75) is 0 Å². The van der Waals surface area contributed by atoms with E-state index in [4.69, 9.17) is 4.52 Å². The van der Waals surface area contributed by atoms with E-state index in [2.05, 4.69) is 30.4 Å². The minimum Gasteiger partial charge on any atom is -0.355 e. The van der Waals surface area contributed by atoms with Gasteiger partial charge in [-0.25, -0.2) is 15.0 Å². The van der Waals surface area contributed by atoms with Crippen LogP contribution in [-0.2, 0) is 0 Å². The smallest absolute Gasteiger partial charge is 0.279 e. The van der Waals surface area contributed by atoms with Crippen LogP contribution in [0.4, 0.5) is 5.82 Å². The van der Waals surface area contributed by atoms with Crippen LogP contribution in [0.15, 0.2) is 40.8 Å². The highest BCUT2D eigenvalue weighted by Gasteiger charge is 2.16. The molecule has 22 heavy (non-hydrogen) atoms. The first-order valence-electron chi connectivity index (χ1n) is 6.27. The van der Waals surface area contributed by atoms with Crippen molar-refractivity contribution in [2.75, 3.05) is 5.32 Å². The van der Waals surface area contributed by atoms with Gasteiger partial charge in [0, 0.05) is 6.07 Å². The molecule has 0 saturated heterocycles. The van der Waals surface area contributed by atoms with E-state index in [1.165, 1.54) is 24.0 Å². The van der Waals surface area contributed by atoms with Gasteiger partial charge in [-0.2, -0.15) is 0 Å². The summed E-state index contributed by atoms with van der Waals surface area (Å²) < 4.78 is 5.19. The number of H-pyrrole nitrogens is 1. The van der Waals surface area contributed by atoms with Gasteiger partial charge in [0.15, 0.2) is 22.9 Å². The molecule has 108 valence electrons. The standard InChI is InChI=1S/C13H8N6O2S/c20-13(7-4-8(21-19-7)9-2-1-3-22-9)18-12-10-11(15-5-14-10)16-6-17-12/h1-6H,(H2,14,15,16,17,18,20). The molecule has 0 atom stereocenters. The van der Waals surface area contributed by atoms with Crippen LogP contribution in [0.1, 0.15) is 10.5 Å². The number of fused-ring (bicyclic) bond motifs is 1. The minimum atomic E-state index is -0.416. The SMILES string of the molecule is O=C(Nc1ncnc2nc[nH]c12)c1cc(-c2cccs2)on1. The topological polar surface area (TPSA) is 110 Å². The fourth-order valence-corrected chi connectivity index (χ4v) is 2.62. The molecule has 0 spiro atoms.